The number of halogens is 3. The summed E-state index contributed by atoms with van der Waals surface area (Å²) in [7, 11) is -3.96. The molecule has 2 aliphatic heterocycles. The van der Waals surface area contributed by atoms with Crippen LogP contribution in [0.3, 0.4) is 0 Å². The van der Waals surface area contributed by atoms with E-state index in [2.05, 4.69) is 95.4 Å². The van der Waals surface area contributed by atoms with E-state index in [1.54, 1.807) is 14.0 Å². The number of nitrogens with one attached hydrogen (secondary N) is 2. The quantitative estimate of drug-likeness (QED) is 0.101. The molecule has 0 aliphatic carbocycles. The van der Waals surface area contributed by atoms with Crippen LogP contribution in [0.4, 0.5) is 24.5 Å². The summed E-state index contributed by atoms with van der Waals surface area (Å²) in [4.78, 5) is 0. The molecule has 2 heterocycles. The van der Waals surface area contributed by atoms with Crippen LogP contribution in [-0.2, 0) is 16.5 Å². The maximum absolute atomic E-state index is 12.3. The molecule has 0 aromatic heterocycles. The van der Waals surface area contributed by atoms with Gasteiger partial charge in [-0.2, -0.15) is 33.4 Å². The largest absolute Gasteiger partial charge is 0.534 e. The van der Waals surface area contributed by atoms with Crippen LogP contribution in [0, 0.1) is 0 Å². The van der Waals surface area contributed by atoms with Crippen LogP contribution < -0.4 is 19.6 Å². The highest BCUT2D eigenvalue weighted by Gasteiger charge is 2.48. The molecule has 270 valence electrons. The number of allylic oxidation sites excluding steroid dienone is 1. The highest BCUT2D eigenvalue weighted by Crippen LogP contribution is 2.39. The molecule has 4 aromatic rings. The molecule has 0 saturated carbocycles. The molecule has 2 N–H and O–H groups in total. The second kappa shape index (κ2) is 15.1. The highest BCUT2D eigenvalue weighted by molar-refractivity contribution is 7.99. The Morgan fingerprint density at radius 2 is 1.33 bits per heavy atom. The van der Waals surface area contributed by atoms with Crippen LogP contribution in [0.5, 0.6) is 11.5 Å². The predicted octanol–water partition coefficient (Wildman–Crippen LogP) is 10.4. The molecule has 51 heavy (non-hydrogen) atoms. The maximum atomic E-state index is 12.3. The topological polar surface area (TPSA) is 76.7 Å². The minimum atomic E-state index is -5.66. The lowest BCUT2D eigenvalue weighted by molar-refractivity contribution is -0.0500. The van der Waals surface area contributed by atoms with Gasteiger partial charge in [-0.1, -0.05) is 60.7 Å². The molecule has 0 fully saturated rings. The number of methoxy groups -OCH3 is 1. The van der Waals surface area contributed by atoms with Gasteiger partial charge in [0, 0.05) is 28.3 Å². The van der Waals surface area contributed by atoms with Crippen molar-refractivity contribution in [1.29, 1.82) is 0 Å². The fraction of sp³-hybridized carbons (Fsp3) is 0.300. The van der Waals surface area contributed by atoms with Crippen molar-refractivity contribution < 1.29 is 30.5 Å². The normalized spacial score (nSPS) is 15.7. The van der Waals surface area contributed by atoms with Crippen molar-refractivity contribution >= 4 is 44.4 Å². The third-order valence-electron chi connectivity index (χ3n) is 8.36. The van der Waals surface area contributed by atoms with E-state index in [0.29, 0.717) is 11.3 Å². The number of fused-ring (bicyclic) bond motifs is 2. The molecule has 4 aromatic carbocycles. The number of rotatable bonds is 9. The van der Waals surface area contributed by atoms with Crippen LogP contribution in [0.15, 0.2) is 103 Å². The minimum absolute atomic E-state index is 0.0377. The van der Waals surface area contributed by atoms with Crippen LogP contribution >= 0.6 is 11.8 Å². The Morgan fingerprint density at radius 3 is 1.98 bits per heavy atom. The van der Waals surface area contributed by atoms with Gasteiger partial charge in [0.2, 0.25) is 0 Å². The van der Waals surface area contributed by atoms with Gasteiger partial charge in [-0.25, -0.2) is 0 Å². The zero-order valence-electron chi connectivity index (χ0n) is 29.5. The Labute approximate surface area is 303 Å². The molecule has 0 atom stereocenters. The molecule has 0 radical (unpaired) electrons. The van der Waals surface area contributed by atoms with Gasteiger partial charge in [0.15, 0.2) is 0 Å². The number of anilines is 2. The first-order valence-corrected chi connectivity index (χ1v) is 19.0. The van der Waals surface area contributed by atoms with Crippen LogP contribution in [0.1, 0.15) is 51.3 Å². The van der Waals surface area contributed by atoms with Crippen molar-refractivity contribution in [2.24, 2.45) is 0 Å². The summed E-state index contributed by atoms with van der Waals surface area (Å²) in [6.45, 7) is 10.2. The number of thioether (sulfide) groups is 1. The van der Waals surface area contributed by atoms with E-state index >= 15 is 0 Å². The summed E-state index contributed by atoms with van der Waals surface area (Å²) in [5, 5.41) is 6.86. The van der Waals surface area contributed by atoms with Gasteiger partial charge >= 0.3 is 15.6 Å². The molecule has 0 bridgehead atoms. The van der Waals surface area contributed by atoms with Crippen LogP contribution in [0.25, 0.3) is 22.3 Å². The zero-order chi connectivity index (χ0) is 37.0. The van der Waals surface area contributed by atoms with Crippen molar-refractivity contribution in [2.45, 2.75) is 57.6 Å². The molecule has 6 rings (SSSR count). The molecule has 0 amide bonds. The van der Waals surface area contributed by atoms with Crippen molar-refractivity contribution in [2.75, 3.05) is 29.2 Å². The second-order valence-electron chi connectivity index (χ2n) is 13.7. The third kappa shape index (κ3) is 9.71. The van der Waals surface area contributed by atoms with Gasteiger partial charge < -0.3 is 19.6 Å². The van der Waals surface area contributed by atoms with E-state index in [1.807, 2.05) is 43.8 Å². The zero-order valence-corrected chi connectivity index (χ0v) is 31.2. The van der Waals surface area contributed by atoms with E-state index in [-0.39, 0.29) is 16.8 Å². The van der Waals surface area contributed by atoms with E-state index in [9.17, 15) is 21.6 Å². The second-order valence-corrected chi connectivity index (χ2v) is 16.3. The van der Waals surface area contributed by atoms with Crippen LogP contribution in [-0.4, -0.2) is 43.6 Å². The summed E-state index contributed by atoms with van der Waals surface area (Å²) in [5.41, 5.74) is 4.15. The van der Waals surface area contributed by atoms with E-state index in [1.165, 1.54) is 51.7 Å². The van der Waals surface area contributed by atoms with Crippen molar-refractivity contribution in [3.05, 3.63) is 120 Å². The summed E-state index contributed by atoms with van der Waals surface area (Å²) in [5.74, 6) is 2.66. The van der Waals surface area contributed by atoms with E-state index in [0.717, 1.165) is 29.2 Å². The molecule has 0 saturated heterocycles. The minimum Gasteiger partial charge on any atom is -0.497 e. The average molecular weight is 737 g/mol. The molecular formula is C40H43F3N2O4S2. The van der Waals surface area contributed by atoms with Crippen molar-refractivity contribution in [1.82, 2.24) is 0 Å². The monoisotopic (exact) mass is 736 g/mol. The summed E-state index contributed by atoms with van der Waals surface area (Å²) in [6, 6.07) is 29.7. The standard InChI is InChI=1S/C27H29NOS.C13H14F3NO3S/c1-27(2)18-23(19-30-16-15-20-7-5-4-6-8-20)25-17-22(11-14-26(25)28-27)21-9-12-24(29-3)13-10-21;1-8-7-12(2,3)17-11-5-4-9(6-10(8)11)20-21(18,19)13(14,15)16/h4-14,17-18,28H,15-16,19H2,1-3H3;4-7,17H,1-3H3. The van der Waals surface area contributed by atoms with Gasteiger partial charge in [0.1, 0.15) is 11.5 Å². The van der Waals surface area contributed by atoms with Gasteiger partial charge in [-0.15, -0.1) is 0 Å². The predicted molar refractivity (Wildman–Crippen MR) is 205 cm³/mol. The smallest absolute Gasteiger partial charge is 0.497 e. The molecule has 6 nitrogen and oxygen atoms in total. The third-order valence-corrected chi connectivity index (χ3v) is 10.3. The van der Waals surface area contributed by atoms with Crippen LogP contribution in [0.2, 0.25) is 0 Å². The molecular weight excluding hydrogens is 694 g/mol. The Morgan fingerprint density at radius 1 is 0.745 bits per heavy atom. The lowest BCUT2D eigenvalue weighted by Gasteiger charge is -2.32. The number of benzene rings is 4. The number of aryl methyl sites for hydroxylation is 1. The Kier molecular flexibility index (Phi) is 11.2. The van der Waals surface area contributed by atoms with Gasteiger partial charge in [-0.3, -0.25) is 0 Å². The summed E-state index contributed by atoms with van der Waals surface area (Å²) in [6.07, 6.45) is 5.40. The van der Waals surface area contributed by atoms with Gasteiger partial charge in [0.25, 0.3) is 0 Å². The Bertz CT molecular complexity index is 2020. The average Bonchev–Trinajstić information content (AvgIpc) is 3.06. The Balaban J connectivity index is 0.000000211. The summed E-state index contributed by atoms with van der Waals surface area (Å²) < 4.78 is 68.3. The van der Waals surface area contributed by atoms with Crippen molar-refractivity contribution in [3.8, 4) is 22.6 Å². The molecule has 0 unspecified atom stereocenters. The number of hydrogen-bond donors (Lipinski definition) is 2. The number of alkyl halides is 3. The van der Waals surface area contributed by atoms with Gasteiger partial charge in [-0.05, 0) is 117 Å². The first-order chi connectivity index (χ1) is 24.0. The van der Waals surface area contributed by atoms with E-state index in [4.69, 9.17) is 4.74 Å². The summed E-state index contributed by atoms with van der Waals surface area (Å²) >= 11 is 2.01. The molecule has 0 spiro atoms. The molecule has 2 aliphatic rings. The first kappa shape index (κ1) is 37.9. The number of ether oxygens (including phenoxy) is 1. The maximum Gasteiger partial charge on any atom is 0.534 e. The lowest BCUT2D eigenvalue weighted by atomic mass is 9.89. The SMILES string of the molecule is CC1=CC(C)(C)Nc2ccc(OS(=O)(=O)C(F)(F)F)cc21.COc1ccc(-c2ccc3c(c2)C(CSCCc2ccccc2)=CC(C)(C)N3)cc1. The lowest BCUT2D eigenvalue weighted by Crippen LogP contribution is -2.32. The fourth-order valence-electron chi connectivity index (χ4n) is 6.10. The van der Waals surface area contributed by atoms with E-state index < -0.39 is 15.6 Å². The number of hydrogen-bond acceptors (Lipinski definition) is 7. The fourth-order valence-corrected chi connectivity index (χ4v) is 7.54. The Hall–Kier alpha value is -4.35. The highest BCUT2D eigenvalue weighted by atomic mass is 32.2. The first-order valence-electron chi connectivity index (χ1n) is 16.5. The van der Waals surface area contributed by atoms with Gasteiger partial charge in [0.05, 0.1) is 18.2 Å². The molecule has 11 heteroatoms. The van der Waals surface area contributed by atoms with Crippen molar-refractivity contribution in [3.63, 3.8) is 0 Å².